The lowest BCUT2D eigenvalue weighted by Gasteiger charge is -2.66. The van der Waals surface area contributed by atoms with E-state index in [1.54, 1.807) is 6.92 Å². The molecule has 32 heavy (non-hydrogen) atoms. The Morgan fingerprint density at radius 2 is 1.75 bits per heavy atom. The first kappa shape index (κ1) is 23.6. The van der Waals surface area contributed by atoms with Crippen LogP contribution in [-0.4, -0.2) is 37.2 Å². The van der Waals surface area contributed by atoms with Crippen molar-refractivity contribution in [2.45, 2.75) is 92.1 Å². The van der Waals surface area contributed by atoms with Gasteiger partial charge in [-0.1, -0.05) is 41.0 Å². The van der Waals surface area contributed by atoms with Gasteiger partial charge in [0.05, 0.1) is 13.2 Å². The van der Waals surface area contributed by atoms with Crippen LogP contribution in [0.3, 0.4) is 0 Å². The van der Waals surface area contributed by atoms with Gasteiger partial charge in [0, 0.05) is 24.2 Å². The number of carbonyl (C=O) groups is 3. The zero-order valence-electron chi connectivity index (χ0n) is 20.4. The van der Waals surface area contributed by atoms with E-state index in [1.807, 2.05) is 6.92 Å². The van der Waals surface area contributed by atoms with Crippen LogP contribution >= 0.6 is 0 Å². The second-order valence-electron chi connectivity index (χ2n) is 11.6. The summed E-state index contributed by atoms with van der Waals surface area (Å²) < 4.78 is 17.4. The molecule has 7 atom stereocenters. The number of cyclic esters (lactones) is 1. The molecule has 1 saturated heterocycles. The molecule has 3 saturated carbocycles. The van der Waals surface area contributed by atoms with E-state index in [-0.39, 0.29) is 51.9 Å². The third-order valence-electron chi connectivity index (χ3n) is 9.75. The van der Waals surface area contributed by atoms with Gasteiger partial charge in [0.2, 0.25) is 0 Å². The van der Waals surface area contributed by atoms with Gasteiger partial charge in [-0.3, -0.25) is 14.4 Å². The van der Waals surface area contributed by atoms with Crippen LogP contribution in [0, 0.1) is 39.9 Å². The van der Waals surface area contributed by atoms with E-state index in [2.05, 4.69) is 20.8 Å². The SMILES string of the molecule is CCC(=O)OCC12CCCC(C)(C)C1CCC1(C)C3COC(=O)C3C(OC(=O)CC)CC12. The van der Waals surface area contributed by atoms with Gasteiger partial charge in [-0.15, -0.1) is 0 Å². The Hall–Kier alpha value is -1.59. The van der Waals surface area contributed by atoms with E-state index in [0.717, 1.165) is 25.7 Å². The minimum absolute atomic E-state index is 0.0353. The standard InChI is InChI=1S/C26H40O6/c1-6-20(27)31-15-26-11-8-10-24(3,4)18(26)9-12-25(5)16-14-30-23(29)22(16)17(13-19(25)26)32-21(28)7-2/h16-19,22H,6-15H2,1-5H3. The fourth-order valence-electron chi connectivity index (χ4n) is 8.22. The summed E-state index contributed by atoms with van der Waals surface area (Å²) in [5.41, 5.74) is -0.103. The zero-order valence-corrected chi connectivity index (χ0v) is 20.4. The van der Waals surface area contributed by atoms with E-state index in [9.17, 15) is 14.4 Å². The third-order valence-corrected chi connectivity index (χ3v) is 9.75. The molecule has 7 unspecified atom stereocenters. The molecule has 0 radical (unpaired) electrons. The minimum Gasteiger partial charge on any atom is -0.465 e. The van der Waals surface area contributed by atoms with Gasteiger partial charge in [-0.05, 0) is 54.8 Å². The third kappa shape index (κ3) is 3.56. The number of hydrogen-bond acceptors (Lipinski definition) is 6. The topological polar surface area (TPSA) is 78.9 Å². The second kappa shape index (κ2) is 8.32. The number of fused-ring (bicyclic) bond motifs is 5. The summed E-state index contributed by atoms with van der Waals surface area (Å²) >= 11 is 0. The van der Waals surface area contributed by atoms with Crippen LogP contribution in [-0.2, 0) is 28.6 Å². The highest BCUT2D eigenvalue weighted by Gasteiger charge is 2.68. The zero-order chi connectivity index (χ0) is 23.3. The van der Waals surface area contributed by atoms with E-state index in [1.165, 1.54) is 6.42 Å². The lowest BCUT2D eigenvalue weighted by atomic mass is 9.38. The van der Waals surface area contributed by atoms with Crippen molar-refractivity contribution in [2.24, 2.45) is 39.9 Å². The molecule has 0 aromatic carbocycles. The van der Waals surface area contributed by atoms with Crippen molar-refractivity contribution in [3.63, 3.8) is 0 Å². The molecular formula is C26H40O6. The Morgan fingerprint density at radius 1 is 1.03 bits per heavy atom. The van der Waals surface area contributed by atoms with Gasteiger partial charge in [0.25, 0.3) is 0 Å². The molecule has 0 aromatic heterocycles. The average molecular weight is 449 g/mol. The Morgan fingerprint density at radius 3 is 2.44 bits per heavy atom. The van der Waals surface area contributed by atoms with Crippen LogP contribution in [0.2, 0.25) is 0 Å². The van der Waals surface area contributed by atoms with E-state index in [4.69, 9.17) is 14.2 Å². The Bertz CT molecular complexity index is 774. The molecule has 3 aliphatic carbocycles. The summed E-state index contributed by atoms with van der Waals surface area (Å²) in [6.07, 6.45) is 6.24. The van der Waals surface area contributed by atoms with Crippen molar-refractivity contribution in [1.82, 2.24) is 0 Å². The lowest BCUT2D eigenvalue weighted by Crippen LogP contribution is -2.64. The molecule has 0 amide bonds. The Kier molecular flexibility index (Phi) is 6.13. The molecule has 4 fully saturated rings. The fourth-order valence-corrected chi connectivity index (χ4v) is 8.22. The smallest absolute Gasteiger partial charge is 0.313 e. The number of hydrogen-bond donors (Lipinski definition) is 0. The minimum atomic E-state index is -0.455. The highest BCUT2D eigenvalue weighted by molar-refractivity contribution is 5.77. The Balaban J connectivity index is 1.76. The summed E-state index contributed by atoms with van der Waals surface area (Å²) in [7, 11) is 0. The highest BCUT2D eigenvalue weighted by Crippen LogP contribution is 2.70. The molecule has 4 rings (SSSR count). The number of esters is 3. The fraction of sp³-hybridized carbons (Fsp3) is 0.885. The Labute approximate surface area is 192 Å². The van der Waals surface area contributed by atoms with Crippen LogP contribution in [0.25, 0.3) is 0 Å². The molecule has 1 aliphatic heterocycles. The van der Waals surface area contributed by atoms with Gasteiger partial charge in [0.15, 0.2) is 0 Å². The number of carbonyl (C=O) groups excluding carboxylic acids is 3. The van der Waals surface area contributed by atoms with Crippen molar-refractivity contribution in [3.05, 3.63) is 0 Å². The van der Waals surface area contributed by atoms with Gasteiger partial charge in [0.1, 0.15) is 12.0 Å². The second-order valence-corrected chi connectivity index (χ2v) is 11.6. The summed E-state index contributed by atoms with van der Waals surface area (Å²) in [5.74, 6) is -0.341. The molecule has 180 valence electrons. The van der Waals surface area contributed by atoms with Crippen LogP contribution in [0.1, 0.15) is 86.0 Å². The van der Waals surface area contributed by atoms with Gasteiger partial charge < -0.3 is 14.2 Å². The first-order valence-electron chi connectivity index (χ1n) is 12.6. The lowest BCUT2D eigenvalue weighted by molar-refractivity contribution is -0.221. The molecule has 0 spiro atoms. The molecule has 6 nitrogen and oxygen atoms in total. The largest absolute Gasteiger partial charge is 0.465 e. The van der Waals surface area contributed by atoms with Crippen molar-refractivity contribution >= 4 is 17.9 Å². The van der Waals surface area contributed by atoms with Crippen LogP contribution in [0.5, 0.6) is 0 Å². The molecular weight excluding hydrogens is 408 g/mol. The summed E-state index contributed by atoms with van der Waals surface area (Å²) in [6.45, 7) is 11.5. The summed E-state index contributed by atoms with van der Waals surface area (Å²) in [6, 6.07) is 0. The van der Waals surface area contributed by atoms with Crippen molar-refractivity contribution < 1.29 is 28.6 Å². The van der Waals surface area contributed by atoms with Gasteiger partial charge >= 0.3 is 17.9 Å². The molecule has 0 N–H and O–H groups in total. The van der Waals surface area contributed by atoms with E-state index in [0.29, 0.717) is 38.4 Å². The monoisotopic (exact) mass is 448 g/mol. The number of ether oxygens (including phenoxy) is 3. The molecule has 4 aliphatic rings. The first-order valence-corrected chi connectivity index (χ1v) is 12.6. The molecule has 1 heterocycles. The number of rotatable bonds is 5. The van der Waals surface area contributed by atoms with Crippen LogP contribution < -0.4 is 0 Å². The highest BCUT2D eigenvalue weighted by atomic mass is 16.6. The molecule has 0 bridgehead atoms. The van der Waals surface area contributed by atoms with Gasteiger partial charge in [-0.25, -0.2) is 0 Å². The van der Waals surface area contributed by atoms with Crippen LogP contribution in [0.15, 0.2) is 0 Å². The summed E-state index contributed by atoms with van der Waals surface area (Å²) in [4.78, 5) is 37.3. The predicted molar refractivity (Wildman–Crippen MR) is 118 cm³/mol. The quantitative estimate of drug-likeness (QED) is 0.449. The maximum Gasteiger partial charge on any atom is 0.313 e. The van der Waals surface area contributed by atoms with Crippen molar-refractivity contribution in [3.8, 4) is 0 Å². The van der Waals surface area contributed by atoms with Crippen molar-refractivity contribution in [2.75, 3.05) is 13.2 Å². The maximum absolute atomic E-state index is 12.7. The van der Waals surface area contributed by atoms with E-state index >= 15 is 0 Å². The summed E-state index contributed by atoms with van der Waals surface area (Å²) in [5, 5.41) is 0. The molecule has 6 heteroatoms. The van der Waals surface area contributed by atoms with E-state index < -0.39 is 6.10 Å². The normalized spacial score (nSPS) is 42.2. The maximum atomic E-state index is 12.7. The van der Waals surface area contributed by atoms with Gasteiger partial charge in [-0.2, -0.15) is 0 Å². The molecule has 0 aromatic rings. The average Bonchev–Trinajstić information content (AvgIpc) is 3.15. The van der Waals surface area contributed by atoms with Crippen molar-refractivity contribution in [1.29, 1.82) is 0 Å². The first-order chi connectivity index (χ1) is 15.1. The van der Waals surface area contributed by atoms with Crippen LogP contribution in [0.4, 0.5) is 0 Å². The predicted octanol–water partition coefficient (Wildman–Crippen LogP) is 4.68.